The second-order valence-electron chi connectivity index (χ2n) is 18.9. The van der Waals surface area contributed by atoms with Crippen molar-refractivity contribution in [2.75, 3.05) is 7.05 Å². The summed E-state index contributed by atoms with van der Waals surface area (Å²) in [6.45, 7) is 2.29. The Morgan fingerprint density at radius 2 is 1.20 bits per heavy atom. The van der Waals surface area contributed by atoms with Crippen LogP contribution in [-0.2, 0) is 0 Å². The van der Waals surface area contributed by atoms with Crippen molar-refractivity contribution in [2.45, 2.75) is 35.6 Å². The third-order valence-corrected chi connectivity index (χ3v) is 15.9. The van der Waals surface area contributed by atoms with Gasteiger partial charge in [-0.05, 0) is 98.3 Å². The molecule has 0 spiro atoms. The van der Waals surface area contributed by atoms with Crippen LogP contribution in [0.2, 0.25) is 0 Å². The van der Waals surface area contributed by atoms with Crippen LogP contribution in [0.3, 0.4) is 0 Å². The standard InChI is InChI=1S/C65H50N4S/c1-42-19-17-26-48(39-42)65-67-63(66-64(68(65)2)45-24-11-5-12-25-45)57-41-47(46-33-35-50(43-20-7-3-8-21-43)56(40-46)44-22-9-4-10-23-44)34-36-51(57)54-30-18-31-55-60-59(70-62(54)55)38-37-53-52-29-15-16-32-58(52)69(61(53)60)49-27-13-6-14-28-49/h3-18,20-42,59-60,65H,19H2,1-2H3. The van der Waals surface area contributed by atoms with E-state index in [1.807, 2.05) is 11.8 Å². The lowest BCUT2D eigenvalue weighted by Gasteiger charge is -2.34. The van der Waals surface area contributed by atoms with Crippen LogP contribution in [0.5, 0.6) is 0 Å². The van der Waals surface area contributed by atoms with Crippen molar-refractivity contribution in [1.82, 2.24) is 9.47 Å². The van der Waals surface area contributed by atoms with Crippen LogP contribution in [0.25, 0.3) is 67.2 Å². The van der Waals surface area contributed by atoms with Crippen LogP contribution in [0, 0.1) is 5.92 Å². The van der Waals surface area contributed by atoms with Gasteiger partial charge >= 0.3 is 0 Å². The zero-order valence-corrected chi connectivity index (χ0v) is 40.0. The van der Waals surface area contributed by atoms with E-state index in [9.17, 15) is 0 Å². The first-order chi connectivity index (χ1) is 34.6. The van der Waals surface area contributed by atoms with Crippen LogP contribution < -0.4 is 0 Å². The number of fused-ring (bicyclic) bond motifs is 7. The lowest BCUT2D eigenvalue weighted by molar-refractivity contribution is 0.418. The van der Waals surface area contributed by atoms with E-state index in [1.165, 1.54) is 71.7 Å². The number of benzene rings is 8. The van der Waals surface area contributed by atoms with Gasteiger partial charge in [0.25, 0.3) is 0 Å². The van der Waals surface area contributed by atoms with Crippen molar-refractivity contribution >= 4 is 40.4 Å². The van der Waals surface area contributed by atoms with Gasteiger partial charge in [0.15, 0.2) is 5.84 Å². The number of hydrogen-bond acceptors (Lipinski definition) is 4. The fourth-order valence-corrected chi connectivity index (χ4v) is 12.7. The third-order valence-electron chi connectivity index (χ3n) is 14.5. The number of aromatic nitrogens is 1. The molecule has 0 amide bonds. The number of aliphatic imine (C=N–C) groups is 2. The predicted octanol–water partition coefficient (Wildman–Crippen LogP) is 15.9. The number of thioether (sulfide) groups is 1. The molecule has 0 saturated carbocycles. The second kappa shape index (κ2) is 17.5. The molecule has 0 radical (unpaired) electrons. The van der Waals surface area contributed by atoms with Gasteiger partial charge in [-0.15, -0.1) is 11.8 Å². The monoisotopic (exact) mass is 918 g/mol. The quantitative estimate of drug-likeness (QED) is 0.152. The predicted molar refractivity (Wildman–Crippen MR) is 294 cm³/mol. The van der Waals surface area contributed by atoms with Gasteiger partial charge in [-0.25, -0.2) is 9.98 Å². The zero-order chi connectivity index (χ0) is 46.7. The van der Waals surface area contributed by atoms with E-state index in [-0.39, 0.29) is 17.3 Å². The smallest absolute Gasteiger partial charge is 0.160 e. The Labute approximate surface area is 414 Å². The largest absolute Gasteiger partial charge is 0.333 e. The molecule has 70 heavy (non-hydrogen) atoms. The van der Waals surface area contributed by atoms with Gasteiger partial charge in [0.2, 0.25) is 0 Å². The summed E-state index contributed by atoms with van der Waals surface area (Å²) in [5.74, 6) is 2.22. The molecule has 13 rings (SSSR count). The Kier molecular flexibility index (Phi) is 10.5. The first-order valence-corrected chi connectivity index (χ1v) is 25.3. The lowest BCUT2D eigenvalue weighted by atomic mass is 9.84. The molecule has 8 aromatic carbocycles. The minimum Gasteiger partial charge on any atom is -0.333 e. The zero-order valence-electron chi connectivity index (χ0n) is 39.2. The average molecular weight is 919 g/mol. The molecule has 4 unspecified atom stereocenters. The highest BCUT2D eigenvalue weighted by atomic mass is 32.2. The minimum absolute atomic E-state index is 0.162. The minimum atomic E-state index is -0.254. The number of allylic oxidation sites excluding steroid dienone is 2. The molecule has 0 N–H and O–H groups in total. The highest BCUT2D eigenvalue weighted by Gasteiger charge is 2.41. The molecule has 9 aromatic rings. The third kappa shape index (κ3) is 7.23. The molecular weight excluding hydrogens is 869 g/mol. The Balaban J connectivity index is 1.03. The van der Waals surface area contributed by atoms with E-state index in [0.29, 0.717) is 5.92 Å². The SMILES string of the molecule is CC1C=C(C2N=C(c3cc(-c4ccc(-c5ccccc5)c(-c5ccccc5)c4)ccc3-c3cccc4c3SC3C=Cc5c(n(-c6ccccc6)c6ccccc56)C43)N=C(c3ccccc3)N2C)C=CC1. The fourth-order valence-electron chi connectivity index (χ4n) is 11.2. The number of rotatable bonds is 8. The van der Waals surface area contributed by atoms with E-state index in [1.54, 1.807) is 0 Å². The molecule has 4 aliphatic rings. The number of para-hydroxylation sites is 2. The summed E-state index contributed by atoms with van der Waals surface area (Å²) in [7, 11) is 2.14. The fraction of sp³-hybridized carbons (Fsp3) is 0.108. The molecule has 0 bridgehead atoms. The van der Waals surface area contributed by atoms with Gasteiger partial charge in [-0.3, -0.25) is 0 Å². The molecule has 2 aliphatic heterocycles. The van der Waals surface area contributed by atoms with Gasteiger partial charge in [0.05, 0.1) is 5.52 Å². The van der Waals surface area contributed by atoms with Crippen LogP contribution >= 0.6 is 11.8 Å². The second-order valence-corrected chi connectivity index (χ2v) is 20.1. The van der Waals surface area contributed by atoms with E-state index < -0.39 is 0 Å². The van der Waals surface area contributed by atoms with Crippen LogP contribution in [0.15, 0.2) is 245 Å². The van der Waals surface area contributed by atoms with Crippen molar-refractivity contribution < 1.29 is 0 Å². The summed E-state index contributed by atoms with van der Waals surface area (Å²) >= 11 is 1.99. The van der Waals surface area contributed by atoms with Crippen molar-refractivity contribution in [3.05, 3.63) is 258 Å². The average Bonchev–Trinajstić information content (AvgIpc) is 3.98. The summed E-state index contributed by atoms with van der Waals surface area (Å²) < 4.78 is 2.52. The molecular formula is C65H50N4S. The van der Waals surface area contributed by atoms with Crippen molar-refractivity contribution in [3.8, 4) is 50.2 Å². The van der Waals surface area contributed by atoms with E-state index in [0.717, 1.165) is 45.9 Å². The van der Waals surface area contributed by atoms with Gasteiger partial charge in [0.1, 0.15) is 12.0 Å². The molecule has 4 atom stereocenters. The Hall–Kier alpha value is -7.99. The Morgan fingerprint density at radius 1 is 0.557 bits per heavy atom. The summed E-state index contributed by atoms with van der Waals surface area (Å²) in [5, 5.41) is 1.52. The lowest BCUT2D eigenvalue weighted by Crippen LogP contribution is -2.42. The first kappa shape index (κ1) is 42.1. The maximum atomic E-state index is 5.69. The van der Waals surface area contributed by atoms with Gasteiger partial charge in [0, 0.05) is 56.6 Å². The number of amidine groups is 2. The Morgan fingerprint density at radius 3 is 1.93 bits per heavy atom. The molecule has 2 aliphatic carbocycles. The molecule has 5 heteroatoms. The highest BCUT2D eigenvalue weighted by Crippen LogP contribution is 2.57. The maximum absolute atomic E-state index is 5.69. The maximum Gasteiger partial charge on any atom is 0.160 e. The van der Waals surface area contributed by atoms with Crippen molar-refractivity contribution in [3.63, 3.8) is 0 Å². The van der Waals surface area contributed by atoms with Crippen molar-refractivity contribution in [2.24, 2.45) is 15.9 Å². The van der Waals surface area contributed by atoms with E-state index in [2.05, 4.69) is 254 Å². The molecule has 0 saturated heterocycles. The molecule has 1 aromatic heterocycles. The van der Waals surface area contributed by atoms with Crippen molar-refractivity contribution in [1.29, 1.82) is 0 Å². The Bertz CT molecular complexity index is 3640. The first-order valence-electron chi connectivity index (χ1n) is 24.5. The molecule has 336 valence electrons. The summed E-state index contributed by atoms with van der Waals surface area (Å²) in [4.78, 5) is 14.8. The topological polar surface area (TPSA) is 32.9 Å². The summed E-state index contributed by atoms with van der Waals surface area (Å²) in [6.07, 6.45) is 12.6. The van der Waals surface area contributed by atoms with Gasteiger partial charge in [-0.1, -0.05) is 207 Å². The van der Waals surface area contributed by atoms with Crippen LogP contribution in [-0.4, -0.2) is 39.6 Å². The van der Waals surface area contributed by atoms with Gasteiger partial charge < -0.3 is 9.47 Å². The van der Waals surface area contributed by atoms with E-state index in [4.69, 9.17) is 9.98 Å². The summed E-state index contributed by atoms with van der Waals surface area (Å²) in [6, 6.07) is 72.8. The number of likely N-dealkylation sites (N-methyl/N-ethyl adjacent to an activating group) is 1. The number of hydrogen-bond donors (Lipinski definition) is 0. The van der Waals surface area contributed by atoms with Gasteiger partial charge in [-0.2, -0.15) is 0 Å². The van der Waals surface area contributed by atoms with Crippen LogP contribution in [0.1, 0.15) is 47.2 Å². The van der Waals surface area contributed by atoms with Crippen LogP contribution in [0.4, 0.5) is 0 Å². The molecule has 0 fully saturated rings. The molecule has 3 heterocycles. The summed E-state index contributed by atoms with van der Waals surface area (Å²) in [5.41, 5.74) is 19.1. The molecule has 4 nitrogen and oxygen atoms in total. The number of nitrogens with zero attached hydrogens (tertiary/aromatic N) is 4. The van der Waals surface area contributed by atoms with E-state index >= 15 is 0 Å². The normalized spacial score (nSPS) is 19.0. The highest BCUT2D eigenvalue weighted by molar-refractivity contribution is 8.00.